The number of unbranched alkanes of at least 4 members (excludes halogenated alkanes) is 28. The molecular formula is C41H78O6. The first-order valence-corrected chi connectivity index (χ1v) is 20.5. The molecular weight excluding hydrogens is 588 g/mol. The van der Waals surface area contributed by atoms with Crippen LogP contribution in [0.5, 0.6) is 0 Å². The minimum Gasteiger partial charge on any atom is -0.455 e. The van der Waals surface area contributed by atoms with Crippen LogP contribution < -0.4 is 0 Å². The van der Waals surface area contributed by atoms with Gasteiger partial charge in [-0.15, -0.1) is 0 Å². The summed E-state index contributed by atoms with van der Waals surface area (Å²) in [5.41, 5.74) is 0. The van der Waals surface area contributed by atoms with E-state index in [4.69, 9.17) is 9.47 Å². The number of Topliss-reactive ketones (excluding diaryl/α,β-unsaturated/α-hetero) is 1. The van der Waals surface area contributed by atoms with Crippen molar-refractivity contribution in [3.05, 3.63) is 0 Å². The van der Waals surface area contributed by atoms with Gasteiger partial charge < -0.3 is 14.6 Å². The molecule has 0 aromatic rings. The second-order valence-electron chi connectivity index (χ2n) is 14.1. The van der Waals surface area contributed by atoms with E-state index in [0.29, 0.717) is 6.42 Å². The van der Waals surface area contributed by atoms with Gasteiger partial charge in [0.1, 0.15) is 0 Å². The molecule has 47 heavy (non-hydrogen) atoms. The molecule has 2 atom stereocenters. The molecule has 0 radical (unpaired) electrons. The summed E-state index contributed by atoms with van der Waals surface area (Å²) >= 11 is 0. The first-order valence-electron chi connectivity index (χ1n) is 20.5. The normalized spacial score (nSPS) is 12.6. The number of rotatable bonds is 37. The number of carbonyl (C=O) groups excluding carboxylic acids is 3. The third-order valence-electron chi connectivity index (χ3n) is 9.43. The van der Waals surface area contributed by atoms with Crippen LogP contribution in [0.3, 0.4) is 0 Å². The van der Waals surface area contributed by atoms with Gasteiger partial charge in [0.05, 0.1) is 6.61 Å². The average molecular weight is 667 g/mol. The highest BCUT2D eigenvalue weighted by atomic mass is 16.6. The fourth-order valence-electron chi connectivity index (χ4n) is 6.33. The largest absolute Gasteiger partial charge is 0.455 e. The SMILES string of the molecule is CCCCCCCCCCCCCCCCCC(=O)OC(CO)C(OC(=O)CCCCCCCCCCCCCCCCC)C(C)=O. The Morgan fingerprint density at radius 3 is 0.936 bits per heavy atom. The first kappa shape index (κ1) is 45.6. The van der Waals surface area contributed by atoms with Crippen LogP contribution in [-0.2, 0) is 23.9 Å². The van der Waals surface area contributed by atoms with Gasteiger partial charge in [-0.3, -0.25) is 14.4 Å². The number of hydrogen-bond acceptors (Lipinski definition) is 6. The molecule has 2 unspecified atom stereocenters. The molecule has 0 aromatic carbocycles. The molecule has 6 nitrogen and oxygen atoms in total. The Morgan fingerprint density at radius 2 is 0.681 bits per heavy atom. The molecule has 0 saturated heterocycles. The van der Waals surface area contributed by atoms with E-state index in [9.17, 15) is 19.5 Å². The Balaban J connectivity index is 3.86. The van der Waals surface area contributed by atoms with Gasteiger partial charge in [0.15, 0.2) is 18.0 Å². The summed E-state index contributed by atoms with van der Waals surface area (Å²) in [7, 11) is 0. The van der Waals surface area contributed by atoms with Crippen LogP contribution in [0.25, 0.3) is 0 Å². The molecule has 6 heteroatoms. The summed E-state index contributed by atoms with van der Waals surface area (Å²) < 4.78 is 10.8. The van der Waals surface area contributed by atoms with Crippen LogP contribution in [0.1, 0.15) is 226 Å². The zero-order chi connectivity index (χ0) is 34.6. The predicted octanol–water partition coefficient (Wildman–Crippen LogP) is 11.9. The van der Waals surface area contributed by atoms with Gasteiger partial charge >= 0.3 is 11.9 Å². The van der Waals surface area contributed by atoms with Crippen molar-refractivity contribution < 1.29 is 29.0 Å². The molecule has 0 aliphatic carbocycles. The number of carbonyl (C=O) groups is 3. The summed E-state index contributed by atoms with van der Waals surface area (Å²) in [6.07, 6.45) is 35.6. The minimum absolute atomic E-state index is 0.229. The van der Waals surface area contributed by atoms with E-state index in [0.717, 1.165) is 32.1 Å². The summed E-state index contributed by atoms with van der Waals surface area (Å²) in [5.74, 6) is -1.35. The van der Waals surface area contributed by atoms with Gasteiger partial charge in [-0.2, -0.15) is 0 Å². The number of aliphatic hydroxyl groups is 1. The quantitative estimate of drug-likeness (QED) is 0.0524. The Kier molecular flexibility index (Phi) is 34.8. The van der Waals surface area contributed by atoms with Crippen molar-refractivity contribution in [2.75, 3.05) is 6.61 Å². The minimum atomic E-state index is -1.26. The third-order valence-corrected chi connectivity index (χ3v) is 9.43. The maximum atomic E-state index is 12.4. The Labute approximate surface area is 291 Å². The summed E-state index contributed by atoms with van der Waals surface area (Å²) in [6, 6.07) is 0. The van der Waals surface area contributed by atoms with E-state index in [1.807, 2.05) is 0 Å². The van der Waals surface area contributed by atoms with E-state index in [-0.39, 0.29) is 12.8 Å². The molecule has 0 bridgehead atoms. The highest BCUT2D eigenvalue weighted by Crippen LogP contribution is 2.17. The Bertz CT molecular complexity index is 708. The highest BCUT2D eigenvalue weighted by molar-refractivity contribution is 5.84. The van der Waals surface area contributed by atoms with Crippen LogP contribution in [-0.4, -0.2) is 41.6 Å². The van der Waals surface area contributed by atoms with E-state index < -0.39 is 36.5 Å². The van der Waals surface area contributed by atoms with Gasteiger partial charge in [0, 0.05) is 12.8 Å². The zero-order valence-corrected chi connectivity index (χ0v) is 31.5. The molecule has 0 fully saturated rings. The van der Waals surface area contributed by atoms with Crippen molar-refractivity contribution in [3.63, 3.8) is 0 Å². The molecule has 0 rings (SSSR count). The summed E-state index contributed by atoms with van der Waals surface area (Å²) in [6.45, 7) is 5.27. The zero-order valence-electron chi connectivity index (χ0n) is 31.5. The standard InChI is InChI=1S/C41H78O6/c1-4-6-8-10-12-14-16-18-20-22-24-26-28-30-32-34-39(44)46-38(36-42)41(37(3)43)47-40(45)35-33-31-29-27-25-23-21-19-17-15-13-11-9-7-5-2/h38,41-42H,4-36H2,1-3H3. The van der Waals surface area contributed by atoms with Crippen LogP contribution >= 0.6 is 0 Å². The Morgan fingerprint density at radius 1 is 0.426 bits per heavy atom. The molecule has 0 heterocycles. The second kappa shape index (κ2) is 35.9. The monoisotopic (exact) mass is 667 g/mol. The van der Waals surface area contributed by atoms with Crippen molar-refractivity contribution in [2.24, 2.45) is 0 Å². The average Bonchev–Trinajstić information content (AvgIpc) is 3.06. The molecule has 0 aromatic heterocycles. The molecule has 278 valence electrons. The predicted molar refractivity (Wildman–Crippen MR) is 197 cm³/mol. The van der Waals surface area contributed by atoms with Crippen molar-refractivity contribution in [1.82, 2.24) is 0 Å². The van der Waals surface area contributed by atoms with Gasteiger partial charge in [0.2, 0.25) is 0 Å². The van der Waals surface area contributed by atoms with Gasteiger partial charge in [0.25, 0.3) is 0 Å². The number of ketones is 1. The lowest BCUT2D eigenvalue weighted by Gasteiger charge is -2.23. The first-order chi connectivity index (χ1) is 23.0. The third kappa shape index (κ3) is 31.6. The smallest absolute Gasteiger partial charge is 0.306 e. The molecule has 0 amide bonds. The maximum Gasteiger partial charge on any atom is 0.306 e. The topological polar surface area (TPSA) is 89.9 Å². The maximum absolute atomic E-state index is 12.4. The van der Waals surface area contributed by atoms with Crippen molar-refractivity contribution >= 4 is 17.7 Å². The molecule has 0 aliphatic rings. The molecule has 0 saturated carbocycles. The second-order valence-corrected chi connectivity index (χ2v) is 14.1. The van der Waals surface area contributed by atoms with Crippen molar-refractivity contribution in [1.29, 1.82) is 0 Å². The van der Waals surface area contributed by atoms with Crippen LogP contribution in [0, 0.1) is 0 Å². The van der Waals surface area contributed by atoms with Crippen molar-refractivity contribution in [3.8, 4) is 0 Å². The van der Waals surface area contributed by atoms with Crippen LogP contribution in [0.15, 0.2) is 0 Å². The van der Waals surface area contributed by atoms with E-state index >= 15 is 0 Å². The molecule has 0 aliphatic heterocycles. The lowest BCUT2D eigenvalue weighted by molar-refractivity contribution is -0.174. The van der Waals surface area contributed by atoms with Crippen LogP contribution in [0.2, 0.25) is 0 Å². The lowest BCUT2D eigenvalue weighted by atomic mass is 10.0. The van der Waals surface area contributed by atoms with Crippen LogP contribution in [0.4, 0.5) is 0 Å². The summed E-state index contributed by atoms with van der Waals surface area (Å²) in [5, 5.41) is 9.81. The van der Waals surface area contributed by atoms with E-state index in [1.54, 1.807) is 0 Å². The van der Waals surface area contributed by atoms with E-state index in [2.05, 4.69) is 13.8 Å². The van der Waals surface area contributed by atoms with Gasteiger partial charge in [-0.1, -0.05) is 194 Å². The highest BCUT2D eigenvalue weighted by Gasteiger charge is 2.32. The molecule has 0 spiro atoms. The fraction of sp³-hybridized carbons (Fsp3) is 0.927. The fourth-order valence-corrected chi connectivity index (χ4v) is 6.33. The number of ether oxygens (including phenoxy) is 2. The van der Waals surface area contributed by atoms with E-state index in [1.165, 1.54) is 161 Å². The number of aliphatic hydroxyl groups excluding tert-OH is 1. The lowest BCUT2D eigenvalue weighted by Crippen LogP contribution is -2.42. The van der Waals surface area contributed by atoms with Gasteiger partial charge in [-0.05, 0) is 19.8 Å². The van der Waals surface area contributed by atoms with Crippen molar-refractivity contribution in [2.45, 2.75) is 238 Å². The summed E-state index contributed by atoms with van der Waals surface area (Å²) in [4.78, 5) is 37.0. The number of esters is 2. The molecule has 1 N–H and O–H groups in total. The Hall–Kier alpha value is -1.43. The van der Waals surface area contributed by atoms with Gasteiger partial charge in [-0.25, -0.2) is 0 Å². The number of hydrogen-bond donors (Lipinski definition) is 1.